The minimum Gasteiger partial charge on any atom is -0.493 e. The first kappa shape index (κ1) is 32.1. The number of para-hydroxylation sites is 1. The Labute approximate surface area is 248 Å². The average molecular weight is 607 g/mol. The lowest BCUT2D eigenvalue weighted by Crippen LogP contribution is -2.47. The lowest BCUT2D eigenvalue weighted by Gasteiger charge is -2.33. The second-order valence-electron chi connectivity index (χ2n) is 12.0. The highest BCUT2D eigenvalue weighted by Crippen LogP contribution is 2.46. The molecule has 0 aliphatic carbocycles. The van der Waals surface area contributed by atoms with Crippen LogP contribution in [0.3, 0.4) is 0 Å². The fourth-order valence-electron chi connectivity index (χ4n) is 5.57. The van der Waals surface area contributed by atoms with E-state index in [1.807, 2.05) is 20.8 Å². The summed E-state index contributed by atoms with van der Waals surface area (Å²) in [5.41, 5.74) is -0.722. The Morgan fingerprint density at radius 2 is 1.70 bits per heavy atom. The Balaban J connectivity index is 1.83. The molecule has 2 heterocycles. The van der Waals surface area contributed by atoms with Crippen LogP contribution in [0.5, 0.6) is 11.5 Å². The van der Waals surface area contributed by atoms with Gasteiger partial charge in [0.25, 0.3) is 5.91 Å². The molecular formula is C31H37F3N2O7. The quantitative estimate of drug-likeness (QED) is 0.456. The number of benzene rings is 2. The molecule has 1 fully saturated rings. The lowest BCUT2D eigenvalue weighted by atomic mass is 9.93. The Morgan fingerprint density at radius 1 is 1.02 bits per heavy atom. The molecule has 0 spiro atoms. The number of hydrogen-bond acceptors (Lipinski definition) is 6. The molecule has 234 valence electrons. The van der Waals surface area contributed by atoms with Crippen molar-refractivity contribution in [2.75, 3.05) is 38.8 Å². The molecule has 2 unspecified atom stereocenters. The SMILES string of the molecule is COc1cccc(C2OC(CC(=O)N3CCC(C(=O)O)CC3)C(=O)N(CC(C)(C)C)c3ccc(C(F)(F)F)cc32)c1OC. The number of rotatable bonds is 7. The van der Waals surface area contributed by atoms with Crippen molar-refractivity contribution in [3.8, 4) is 11.5 Å². The van der Waals surface area contributed by atoms with Crippen molar-refractivity contribution in [1.82, 2.24) is 4.90 Å². The minimum atomic E-state index is -4.67. The largest absolute Gasteiger partial charge is 0.493 e. The number of alkyl halides is 3. The van der Waals surface area contributed by atoms with Gasteiger partial charge in [-0.05, 0) is 42.5 Å². The van der Waals surface area contributed by atoms with Gasteiger partial charge in [0.2, 0.25) is 5.91 Å². The van der Waals surface area contributed by atoms with Gasteiger partial charge in [-0.3, -0.25) is 14.4 Å². The van der Waals surface area contributed by atoms with Gasteiger partial charge in [-0.25, -0.2) is 0 Å². The summed E-state index contributed by atoms with van der Waals surface area (Å²) in [7, 11) is 2.82. The Morgan fingerprint density at radius 3 is 2.26 bits per heavy atom. The van der Waals surface area contributed by atoms with Gasteiger partial charge in [0.1, 0.15) is 12.2 Å². The summed E-state index contributed by atoms with van der Waals surface area (Å²) in [5, 5.41) is 9.32. The molecule has 2 aliphatic heterocycles. The van der Waals surface area contributed by atoms with Crippen LogP contribution in [-0.2, 0) is 25.3 Å². The number of fused-ring (bicyclic) bond motifs is 1. The van der Waals surface area contributed by atoms with Gasteiger partial charge in [-0.15, -0.1) is 0 Å². The Hall–Kier alpha value is -3.80. The fourth-order valence-corrected chi connectivity index (χ4v) is 5.57. The number of ether oxygens (including phenoxy) is 3. The van der Waals surface area contributed by atoms with Crippen molar-refractivity contribution < 1.29 is 46.9 Å². The third kappa shape index (κ3) is 7.06. The van der Waals surface area contributed by atoms with Gasteiger partial charge in [0.05, 0.1) is 32.1 Å². The van der Waals surface area contributed by atoms with Crippen molar-refractivity contribution in [2.45, 2.75) is 58.4 Å². The van der Waals surface area contributed by atoms with Gasteiger partial charge < -0.3 is 29.1 Å². The summed E-state index contributed by atoms with van der Waals surface area (Å²) in [6.45, 7) is 6.25. The topological polar surface area (TPSA) is 106 Å². The van der Waals surface area contributed by atoms with Crippen LogP contribution in [0.2, 0.25) is 0 Å². The standard InChI is InChI=1S/C31H37F3N2O7/c1-30(2,3)17-36-22-10-9-19(31(32,33)34)15-21(22)26(20-7-6-8-23(41-4)27(20)42-5)43-24(28(36)38)16-25(37)35-13-11-18(12-14-35)29(39)40/h6-10,15,18,24,26H,11-14,16-17H2,1-5H3,(H,39,40). The number of likely N-dealkylation sites (tertiary alicyclic amines) is 1. The van der Waals surface area contributed by atoms with E-state index < -0.39 is 53.1 Å². The number of aliphatic carboxylic acids is 1. The predicted octanol–water partition coefficient (Wildman–Crippen LogP) is 5.30. The van der Waals surface area contributed by atoms with Crippen molar-refractivity contribution in [3.05, 3.63) is 53.1 Å². The molecule has 0 radical (unpaired) electrons. The number of anilines is 1. The van der Waals surface area contributed by atoms with Crippen LogP contribution in [0.1, 0.15) is 62.8 Å². The van der Waals surface area contributed by atoms with Crippen LogP contribution < -0.4 is 14.4 Å². The summed E-state index contributed by atoms with van der Waals surface area (Å²) < 4.78 is 59.3. The number of halogens is 3. The third-order valence-corrected chi connectivity index (χ3v) is 7.68. The molecule has 0 bridgehead atoms. The molecule has 2 aromatic rings. The predicted molar refractivity (Wildman–Crippen MR) is 151 cm³/mol. The van der Waals surface area contributed by atoms with Crippen LogP contribution >= 0.6 is 0 Å². The molecule has 2 aromatic carbocycles. The van der Waals surface area contributed by atoms with Gasteiger partial charge in [0, 0.05) is 36.4 Å². The molecule has 4 rings (SSSR count). The van der Waals surface area contributed by atoms with Crippen molar-refractivity contribution in [3.63, 3.8) is 0 Å². The van der Waals surface area contributed by atoms with E-state index in [-0.39, 0.29) is 55.9 Å². The highest BCUT2D eigenvalue weighted by atomic mass is 19.4. The van der Waals surface area contributed by atoms with E-state index in [9.17, 15) is 32.7 Å². The van der Waals surface area contributed by atoms with E-state index in [4.69, 9.17) is 14.2 Å². The number of piperidine rings is 1. The zero-order valence-electron chi connectivity index (χ0n) is 24.9. The number of carboxylic acid groups (broad SMARTS) is 1. The maximum atomic E-state index is 14.2. The number of carbonyl (C=O) groups is 3. The number of carboxylic acids is 1. The number of nitrogens with zero attached hydrogens (tertiary/aromatic N) is 2. The molecule has 0 saturated carbocycles. The highest BCUT2D eigenvalue weighted by molar-refractivity contribution is 6.00. The molecule has 2 amide bonds. The van der Waals surface area contributed by atoms with Crippen LogP contribution in [0.15, 0.2) is 36.4 Å². The fraction of sp³-hybridized carbons (Fsp3) is 0.516. The Bertz CT molecular complexity index is 1360. The van der Waals surface area contributed by atoms with E-state index in [0.717, 1.165) is 12.1 Å². The third-order valence-electron chi connectivity index (χ3n) is 7.68. The van der Waals surface area contributed by atoms with E-state index in [1.54, 1.807) is 18.2 Å². The van der Waals surface area contributed by atoms with Crippen LogP contribution in [0.4, 0.5) is 18.9 Å². The second-order valence-corrected chi connectivity index (χ2v) is 12.0. The molecule has 0 aromatic heterocycles. The maximum absolute atomic E-state index is 14.2. The van der Waals surface area contributed by atoms with Gasteiger partial charge in [-0.1, -0.05) is 32.9 Å². The average Bonchev–Trinajstić information content (AvgIpc) is 3.05. The summed E-state index contributed by atoms with van der Waals surface area (Å²) in [4.78, 5) is 41.9. The van der Waals surface area contributed by atoms with Gasteiger partial charge in [0.15, 0.2) is 11.5 Å². The molecule has 2 atom stereocenters. The lowest BCUT2D eigenvalue weighted by molar-refractivity contribution is -0.148. The Kier molecular flexibility index (Phi) is 9.29. The number of hydrogen-bond donors (Lipinski definition) is 1. The highest BCUT2D eigenvalue weighted by Gasteiger charge is 2.42. The summed E-state index contributed by atoms with van der Waals surface area (Å²) in [6, 6.07) is 8.06. The second kappa shape index (κ2) is 12.4. The first-order valence-electron chi connectivity index (χ1n) is 14.0. The van der Waals surface area contributed by atoms with E-state index >= 15 is 0 Å². The van der Waals surface area contributed by atoms with Gasteiger partial charge >= 0.3 is 12.1 Å². The van der Waals surface area contributed by atoms with Crippen molar-refractivity contribution in [1.29, 1.82) is 0 Å². The molecule has 1 N–H and O–H groups in total. The zero-order chi connectivity index (χ0) is 31.7. The number of amides is 2. The van der Waals surface area contributed by atoms with Crippen LogP contribution in [0, 0.1) is 11.3 Å². The van der Waals surface area contributed by atoms with Gasteiger partial charge in [-0.2, -0.15) is 13.2 Å². The summed E-state index contributed by atoms with van der Waals surface area (Å²) >= 11 is 0. The van der Waals surface area contributed by atoms with Crippen LogP contribution in [-0.4, -0.2) is 67.7 Å². The number of methoxy groups -OCH3 is 2. The maximum Gasteiger partial charge on any atom is 0.416 e. The normalized spacial score (nSPS) is 20.0. The minimum absolute atomic E-state index is 0.0937. The van der Waals surface area contributed by atoms with Crippen molar-refractivity contribution in [2.24, 2.45) is 11.3 Å². The first-order valence-corrected chi connectivity index (χ1v) is 14.0. The number of carbonyl (C=O) groups excluding carboxylic acids is 2. The smallest absolute Gasteiger partial charge is 0.416 e. The van der Waals surface area contributed by atoms with E-state index in [2.05, 4.69) is 0 Å². The van der Waals surface area contributed by atoms with Crippen molar-refractivity contribution >= 4 is 23.5 Å². The zero-order valence-corrected chi connectivity index (χ0v) is 24.9. The molecular weight excluding hydrogens is 569 g/mol. The van der Waals surface area contributed by atoms with Crippen LogP contribution in [0.25, 0.3) is 0 Å². The monoisotopic (exact) mass is 606 g/mol. The summed E-state index contributed by atoms with van der Waals surface area (Å²) in [6.07, 6.45) is -7.06. The molecule has 2 aliphatic rings. The summed E-state index contributed by atoms with van der Waals surface area (Å²) in [5.74, 6) is -1.91. The molecule has 43 heavy (non-hydrogen) atoms. The molecule has 1 saturated heterocycles. The van der Waals surface area contributed by atoms with E-state index in [1.165, 1.54) is 30.1 Å². The van der Waals surface area contributed by atoms with E-state index in [0.29, 0.717) is 11.3 Å². The first-order chi connectivity index (χ1) is 20.1. The molecule has 9 nitrogen and oxygen atoms in total. The molecule has 12 heteroatoms.